The molecule has 1 N–H and O–H groups in total. The van der Waals surface area contributed by atoms with E-state index in [4.69, 9.17) is 9.84 Å². The molecule has 1 atom stereocenters. The average molecular weight is 196 g/mol. The first-order chi connectivity index (χ1) is 6.68. The van der Waals surface area contributed by atoms with E-state index >= 15 is 0 Å². The predicted molar refractivity (Wildman–Crippen MR) is 47.4 cm³/mol. The zero-order chi connectivity index (χ0) is 10.1. The molecule has 1 aromatic carbocycles. The van der Waals surface area contributed by atoms with Gasteiger partial charge in [0.15, 0.2) is 0 Å². The van der Waals surface area contributed by atoms with Crippen LogP contribution in [0.4, 0.5) is 4.39 Å². The number of alkyl halides is 1. The molecule has 0 amide bonds. The standard InChI is InChI=1S/C10H9FO3/c11-8-3-4-14-9-2-1-6(10(12)13)5-7(8)9/h1-2,5,8H,3-4H2,(H,12,13). The van der Waals surface area contributed by atoms with Gasteiger partial charge in [-0.3, -0.25) is 0 Å². The number of carboxylic acid groups (broad SMARTS) is 1. The van der Waals surface area contributed by atoms with Crippen molar-refractivity contribution in [3.63, 3.8) is 0 Å². The number of carbonyl (C=O) groups is 1. The lowest BCUT2D eigenvalue weighted by molar-refractivity contribution is 0.0696. The van der Waals surface area contributed by atoms with Crippen LogP contribution in [0.15, 0.2) is 18.2 Å². The highest BCUT2D eigenvalue weighted by molar-refractivity contribution is 5.88. The van der Waals surface area contributed by atoms with Crippen molar-refractivity contribution in [1.82, 2.24) is 0 Å². The van der Waals surface area contributed by atoms with Crippen LogP contribution in [0.1, 0.15) is 28.5 Å². The highest BCUT2D eigenvalue weighted by atomic mass is 19.1. The molecule has 0 aliphatic carbocycles. The minimum atomic E-state index is -1.11. The first kappa shape index (κ1) is 8.99. The van der Waals surface area contributed by atoms with Gasteiger partial charge in [0.25, 0.3) is 0 Å². The summed E-state index contributed by atoms with van der Waals surface area (Å²) in [6, 6.07) is 4.26. The molecule has 1 unspecified atom stereocenters. The van der Waals surface area contributed by atoms with Crippen LogP contribution in [0.25, 0.3) is 0 Å². The van der Waals surface area contributed by atoms with Crippen LogP contribution >= 0.6 is 0 Å². The minimum Gasteiger partial charge on any atom is -0.493 e. The van der Waals surface area contributed by atoms with Gasteiger partial charge < -0.3 is 9.84 Å². The highest BCUT2D eigenvalue weighted by Crippen LogP contribution is 2.34. The van der Waals surface area contributed by atoms with Gasteiger partial charge in [0.1, 0.15) is 11.9 Å². The van der Waals surface area contributed by atoms with Crippen molar-refractivity contribution in [3.8, 4) is 5.75 Å². The van der Waals surface area contributed by atoms with E-state index in [1.807, 2.05) is 0 Å². The molecular weight excluding hydrogens is 187 g/mol. The Morgan fingerprint density at radius 1 is 1.57 bits per heavy atom. The molecule has 0 aromatic heterocycles. The Morgan fingerprint density at radius 2 is 2.36 bits per heavy atom. The van der Waals surface area contributed by atoms with Gasteiger partial charge in [0.05, 0.1) is 12.2 Å². The number of rotatable bonds is 1. The van der Waals surface area contributed by atoms with E-state index in [1.54, 1.807) is 0 Å². The molecule has 1 aromatic rings. The lowest BCUT2D eigenvalue weighted by Crippen LogP contribution is -2.12. The number of hydrogen-bond acceptors (Lipinski definition) is 2. The van der Waals surface area contributed by atoms with Crippen LogP contribution in [0.3, 0.4) is 0 Å². The van der Waals surface area contributed by atoms with Crippen molar-refractivity contribution in [2.24, 2.45) is 0 Å². The number of halogens is 1. The van der Waals surface area contributed by atoms with Gasteiger partial charge in [-0.15, -0.1) is 0 Å². The highest BCUT2D eigenvalue weighted by Gasteiger charge is 2.21. The fraction of sp³-hybridized carbons (Fsp3) is 0.300. The van der Waals surface area contributed by atoms with Crippen LogP contribution in [0.2, 0.25) is 0 Å². The smallest absolute Gasteiger partial charge is 0.335 e. The summed E-state index contributed by atoms with van der Waals surface area (Å²) >= 11 is 0. The SMILES string of the molecule is O=C(O)c1ccc2c(c1)C(F)CCO2. The molecule has 14 heavy (non-hydrogen) atoms. The summed E-state index contributed by atoms with van der Waals surface area (Å²) in [4.78, 5) is 10.6. The van der Waals surface area contributed by atoms with Crippen molar-refractivity contribution in [2.45, 2.75) is 12.6 Å². The van der Waals surface area contributed by atoms with Crippen molar-refractivity contribution in [3.05, 3.63) is 29.3 Å². The molecule has 0 saturated heterocycles. The van der Waals surface area contributed by atoms with Crippen LogP contribution in [-0.2, 0) is 0 Å². The number of ether oxygens (including phenoxy) is 1. The predicted octanol–water partition coefficient (Wildman–Crippen LogP) is 2.18. The monoisotopic (exact) mass is 196 g/mol. The topological polar surface area (TPSA) is 46.5 Å². The number of benzene rings is 1. The lowest BCUT2D eigenvalue weighted by atomic mass is 10.0. The molecule has 0 fully saturated rings. The largest absolute Gasteiger partial charge is 0.493 e. The number of hydrogen-bond donors (Lipinski definition) is 1. The summed E-state index contributed by atoms with van der Waals surface area (Å²) in [5.74, 6) is -0.598. The van der Waals surface area contributed by atoms with Gasteiger partial charge in [-0.25, -0.2) is 9.18 Å². The van der Waals surface area contributed by atoms with E-state index in [9.17, 15) is 9.18 Å². The molecule has 1 aliphatic heterocycles. The van der Waals surface area contributed by atoms with E-state index in [0.29, 0.717) is 17.9 Å². The Bertz CT molecular complexity index is 376. The van der Waals surface area contributed by atoms with Crippen molar-refractivity contribution in [2.75, 3.05) is 6.61 Å². The Labute approximate surface area is 80.1 Å². The van der Waals surface area contributed by atoms with Gasteiger partial charge in [-0.2, -0.15) is 0 Å². The van der Waals surface area contributed by atoms with Gasteiger partial charge in [0, 0.05) is 12.0 Å². The summed E-state index contributed by atoms with van der Waals surface area (Å²) < 4.78 is 18.5. The minimum absolute atomic E-state index is 0.0944. The average Bonchev–Trinajstić information content (AvgIpc) is 2.18. The maximum atomic E-state index is 13.3. The van der Waals surface area contributed by atoms with Crippen LogP contribution in [0, 0.1) is 0 Å². The maximum absolute atomic E-state index is 13.3. The summed E-state index contributed by atoms with van der Waals surface area (Å²) in [5.41, 5.74) is 0.438. The van der Waals surface area contributed by atoms with E-state index in [-0.39, 0.29) is 12.0 Å². The molecular formula is C10H9FO3. The fourth-order valence-corrected chi connectivity index (χ4v) is 1.49. The van der Waals surface area contributed by atoms with Crippen LogP contribution in [-0.4, -0.2) is 17.7 Å². The van der Waals surface area contributed by atoms with Gasteiger partial charge in [-0.05, 0) is 18.2 Å². The van der Waals surface area contributed by atoms with Gasteiger partial charge in [-0.1, -0.05) is 0 Å². The zero-order valence-corrected chi connectivity index (χ0v) is 7.37. The summed E-state index contributed by atoms with van der Waals surface area (Å²) in [6.45, 7) is 0.348. The van der Waals surface area contributed by atoms with E-state index in [1.165, 1.54) is 18.2 Å². The number of carboxylic acids is 1. The quantitative estimate of drug-likeness (QED) is 0.748. The van der Waals surface area contributed by atoms with Crippen LogP contribution < -0.4 is 4.74 Å². The van der Waals surface area contributed by atoms with E-state index < -0.39 is 12.1 Å². The molecule has 4 heteroatoms. The third-order valence-electron chi connectivity index (χ3n) is 2.22. The third-order valence-corrected chi connectivity index (χ3v) is 2.22. The molecule has 0 spiro atoms. The van der Waals surface area contributed by atoms with Gasteiger partial charge in [0.2, 0.25) is 0 Å². The Hall–Kier alpha value is -1.58. The maximum Gasteiger partial charge on any atom is 0.335 e. The second-order valence-electron chi connectivity index (χ2n) is 3.16. The summed E-state index contributed by atoms with van der Waals surface area (Å²) in [5, 5.41) is 8.71. The van der Waals surface area contributed by atoms with Crippen molar-refractivity contribution in [1.29, 1.82) is 0 Å². The molecule has 1 aliphatic rings. The molecule has 0 saturated carbocycles. The first-order valence-corrected chi connectivity index (χ1v) is 4.32. The molecule has 1 heterocycles. The molecule has 2 rings (SSSR count). The first-order valence-electron chi connectivity index (χ1n) is 4.32. The van der Waals surface area contributed by atoms with E-state index in [0.717, 1.165) is 0 Å². The molecule has 0 radical (unpaired) electrons. The Balaban J connectivity index is 2.45. The van der Waals surface area contributed by atoms with E-state index in [2.05, 4.69) is 0 Å². The summed E-state index contributed by atoms with van der Waals surface area (Å²) in [7, 11) is 0. The zero-order valence-electron chi connectivity index (χ0n) is 7.37. The number of fused-ring (bicyclic) bond motifs is 1. The Kier molecular flexibility index (Phi) is 2.11. The Morgan fingerprint density at radius 3 is 3.07 bits per heavy atom. The molecule has 74 valence electrons. The van der Waals surface area contributed by atoms with Crippen molar-refractivity contribution < 1.29 is 19.0 Å². The third kappa shape index (κ3) is 1.43. The second-order valence-corrected chi connectivity index (χ2v) is 3.16. The lowest BCUT2D eigenvalue weighted by Gasteiger charge is -2.20. The number of aromatic carboxylic acids is 1. The fourth-order valence-electron chi connectivity index (χ4n) is 1.49. The van der Waals surface area contributed by atoms with Crippen molar-refractivity contribution >= 4 is 5.97 Å². The summed E-state index contributed by atoms with van der Waals surface area (Å²) in [6.07, 6.45) is -0.825. The molecule has 3 nitrogen and oxygen atoms in total. The molecule has 0 bridgehead atoms. The second kappa shape index (κ2) is 3.29. The van der Waals surface area contributed by atoms with Gasteiger partial charge >= 0.3 is 5.97 Å². The van der Waals surface area contributed by atoms with Crippen LogP contribution in [0.5, 0.6) is 5.75 Å². The normalized spacial score (nSPS) is 19.6.